The van der Waals surface area contributed by atoms with E-state index in [2.05, 4.69) is 9.97 Å². The predicted molar refractivity (Wildman–Crippen MR) is 144 cm³/mol. The normalized spacial score (nSPS) is 15.9. The molecule has 9 nitrogen and oxygen atoms in total. The van der Waals surface area contributed by atoms with Gasteiger partial charge in [0, 0.05) is 24.8 Å². The largest absolute Gasteiger partial charge is 0.463 e. The van der Waals surface area contributed by atoms with E-state index in [0.29, 0.717) is 11.1 Å². The number of esters is 1. The van der Waals surface area contributed by atoms with Crippen molar-refractivity contribution in [2.45, 2.75) is 17.7 Å². The summed E-state index contributed by atoms with van der Waals surface area (Å²) in [4.78, 5) is 35.0. The highest BCUT2D eigenvalue weighted by atomic mass is 32.2. The van der Waals surface area contributed by atoms with Crippen LogP contribution in [0.5, 0.6) is 0 Å². The molecule has 192 valence electrons. The number of benzene rings is 1. The lowest BCUT2D eigenvalue weighted by Crippen LogP contribution is -2.41. The summed E-state index contributed by atoms with van der Waals surface area (Å²) >= 11 is 1.03. The van der Waals surface area contributed by atoms with Crippen LogP contribution < -0.4 is 20.5 Å². The molecule has 5 rings (SSSR count). The smallest absolute Gasteiger partial charge is 0.338 e. The van der Waals surface area contributed by atoms with E-state index in [-0.39, 0.29) is 37.0 Å². The summed E-state index contributed by atoms with van der Waals surface area (Å²) in [5.41, 5.74) is 7.06. The maximum Gasteiger partial charge on any atom is 0.338 e. The number of sulfone groups is 1. The lowest BCUT2D eigenvalue weighted by Gasteiger charge is -2.27. The van der Waals surface area contributed by atoms with E-state index in [1.54, 1.807) is 67.9 Å². The molecule has 1 aliphatic heterocycles. The van der Waals surface area contributed by atoms with E-state index < -0.39 is 27.3 Å². The summed E-state index contributed by atoms with van der Waals surface area (Å²) in [7, 11) is -4.28. The second kappa shape index (κ2) is 10.2. The van der Waals surface area contributed by atoms with Crippen LogP contribution in [0.2, 0.25) is 0 Å². The average molecular weight is 547 g/mol. The Morgan fingerprint density at radius 2 is 1.79 bits per heavy atom. The Hall–Kier alpha value is -4.35. The molecular formula is C27H22N4O5S2. The molecule has 0 saturated heterocycles. The van der Waals surface area contributed by atoms with Crippen LogP contribution in [0.15, 0.2) is 94.0 Å². The Morgan fingerprint density at radius 1 is 1.08 bits per heavy atom. The third-order valence-corrected chi connectivity index (χ3v) is 8.96. The maximum absolute atomic E-state index is 14.1. The Labute approximate surface area is 221 Å². The molecule has 0 saturated carbocycles. The first kappa shape index (κ1) is 25.3. The molecule has 0 fully saturated rings. The van der Waals surface area contributed by atoms with Gasteiger partial charge in [0.05, 0.1) is 27.5 Å². The Kier molecular flexibility index (Phi) is 6.79. The number of thiazole rings is 1. The van der Waals surface area contributed by atoms with Crippen molar-refractivity contribution in [2.24, 2.45) is 5.73 Å². The monoisotopic (exact) mass is 546 g/mol. The molecule has 0 aliphatic carbocycles. The van der Waals surface area contributed by atoms with Crippen molar-refractivity contribution in [2.75, 3.05) is 6.61 Å². The molecule has 2 N–H and O–H groups in total. The molecule has 0 bridgehead atoms. The zero-order chi connectivity index (χ0) is 26.9. The van der Waals surface area contributed by atoms with Gasteiger partial charge in [0.2, 0.25) is 9.84 Å². The van der Waals surface area contributed by atoms with E-state index in [1.165, 1.54) is 24.5 Å². The van der Waals surface area contributed by atoms with E-state index in [1.807, 2.05) is 0 Å². The highest BCUT2D eigenvalue weighted by Crippen LogP contribution is 2.41. The molecular weight excluding hydrogens is 524 g/mol. The molecule has 0 amide bonds. The average Bonchev–Trinajstić information content (AvgIpc) is 3.25. The molecule has 3 aromatic heterocycles. The zero-order valence-corrected chi connectivity index (χ0v) is 21.8. The van der Waals surface area contributed by atoms with Crippen LogP contribution >= 0.6 is 11.3 Å². The van der Waals surface area contributed by atoms with E-state index in [4.69, 9.17) is 10.5 Å². The van der Waals surface area contributed by atoms with Crippen molar-refractivity contribution in [1.82, 2.24) is 14.5 Å². The highest BCUT2D eigenvalue weighted by Gasteiger charge is 2.42. The SMILES string of the molecule is CCOC(=O)C1=c2s/c(=C/c3cccnc3)c(=O)n2C(N)=C(S(=O)(=O)c2ccccc2)[C@H]1c1cccnc1. The minimum Gasteiger partial charge on any atom is -0.463 e. The van der Waals surface area contributed by atoms with Crippen molar-refractivity contribution in [3.63, 3.8) is 0 Å². The van der Waals surface area contributed by atoms with Gasteiger partial charge in [0.1, 0.15) is 15.4 Å². The topological polar surface area (TPSA) is 134 Å². The van der Waals surface area contributed by atoms with Crippen LogP contribution in [0.1, 0.15) is 24.0 Å². The van der Waals surface area contributed by atoms with Gasteiger partial charge in [-0.2, -0.15) is 0 Å². The zero-order valence-electron chi connectivity index (χ0n) is 20.1. The third kappa shape index (κ3) is 4.35. The highest BCUT2D eigenvalue weighted by molar-refractivity contribution is 7.95. The van der Waals surface area contributed by atoms with Crippen molar-refractivity contribution < 1.29 is 17.9 Å². The molecule has 4 aromatic rings. The van der Waals surface area contributed by atoms with Crippen LogP contribution in [0, 0.1) is 0 Å². The number of aromatic nitrogens is 3. The second-order valence-corrected chi connectivity index (χ2v) is 11.2. The van der Waals surface area contributed by atoms with E-state index in [9.17, 15) is 18.0 Å². The van der Waals surface area contributed by atoms with Crippen LogP contribution in [0.3, 0.4) is 0 Å². The Balaban J connectivity index is 1.93. The number of nitrogens with two attached hydrogens (primary N) is 1. The van der Waals surface area contributed by atoms with Crippen molar-refractivity contribution >= 4 is 44.6 Å². The fourth-order valence-electron chi connectivity index (χ4n) is 4.30. The van der Waals surface area contributed by atoms with Gasteiger partial charge >= 0.3 is 5.97 Å². The number of ether oxygens (including phenoxy) is 1. The molecule has 4 heterocycles. The minimum atomic E-state index is -4.28. The summed E-state index contributed by atoms with van der Waals surface area (Å²) in [5.74, 6) is -2.19. The summed E-state index contributed by atoms with van der Waals surface area (Å²) in [6.07, 6.45) is 7.82. The van der Waals surface area contributed by atoms with Gasteiger partial charge in [-0.3, -0.25) is 19.3 Å². The summed E-state index contributed by atoms with van der Waals surface area (Å²) in [6.45, 7) is 1.70. The van der Waals surface area contributed by atoms with Crippen LogP contribution in [0.4, 0.5) is 0 Å². The second-order valence-electron chi connectivity index (χ2n) is 8.26. The first-order chi connectivity index (χ1) is 18.3. The van der Waals surface area contributed by atoms with Gasteiger partial charge in [-0.05, 0) is 48.4 Å². The number of allylic oxidation sites excluding steroid dienone is 1. The fourth-order valence-corrected chi connectivity index (χ4v) is 7.17. The molecule has 0 radical (unpaired) electrons. The summed E-state index contributed by atoms with van der Waals surface area (Å²) in [5, 5.41) is 0. The molecule has 38 heavy (non-hydrogen) atoms. The standard InChI is InChI=1S/C27H22N4O5S2/c1-2-36-27(33)22-21(18-9-7-13-30-16-18)23(38(34,35)19-10-4-3-5-11-19)24(28)31-25(32)20(37-26(22)31)14-17-8-6-12-29-15-17/h3-16,21H,2,28H2,1H3/b20-14+/t21-/m0/s1. The maximum atomic E-state index is 14.1. The predicted octanol–water partition coefficient (Wildman–Crippen LogP) is 1.60. The van der Waals surface area contributed by atoms with Gasteiger partial charge < -0.3 is 10.5 Å². The van der Waals surface area contributed by atoms with Crippen molar-refractivity contribution in [1.29, 1.82) is 0 Å². The number of carbonyl (C=O) groups is 1. The van der Waals surface area contributed by atoms with Gasteiger partial charge in [-0.25, -0.2) is 13.2 Å². The van der Waals surface area contributed by atoms with Gasteiger partial charge in [-0.1, -0.05) is 30.3 Å². The molecule has 1 atom stereocenters. The molecule has 1 aliphatic rings. The van der Waals surface area contributed by atoms with E-state index in [0.717, 1.165) is 15.9 Å². The van der Waals surface area contributed by atoms with E-state index >= 15 is 0 Å². The lowest BCUT2D eigenvalue weighted by molar-refractivity contribution is -0.136. The number of carbonyl (C=O) groups excluding carboxylic acids is 1. The minimum absolute atomic E-state index is 0.00325. The van der Waals surface area contributed by atoms with Crippen LogP contribution in [0.25, 0.3) is 17.5 Å². The molecule has 11 heteroatoms. The quantitative estimate of drug-likeness (QED) is 0.361. The Bertz CT molecular complexity index is 1830. The third-order valence-electron chi connectivity index (χ3n) is 5.94. The van der Waals surface area contributed by atoms with Gasteiger partial charge in [0.25, 0.3) is 5.56 Å². The van der Waals surface area contributed by atoms with Gasteiger partial charge in [0.15, 0.2) is 0 Å². The molecule has 1 aromatic carbocycles. The number of fused-ring (bicyclic) bond motifs is 1. The fraction of sp³-hybridized carbons (Fsp3) is 0.111. The van der Waals surface area contributed by atoms with Crippen molar-refractivity contribution in [3.05, 3.63) is 115 Å². The van der Waals surface area contributed by atoms with Gasteiger partial charge in [-0.15, -0.1) is 11.3 Å². The lowest BCUT2D eigenvalue weighted by atomic mass is 9.90. The molecule has 0 unspecified atom stereocenters. The summed E-state index contributed by atoms with van der Waals surface area (Å²) < 4.78 is 35.1. The summed E-state index contributed by atoms with van der Waals surface area (Å²) in [6, 6.07) is 14.5. The molecule has 0 spiro atoms. The number of hydrogen-bond acceptors (Lipinski definition) is 9. The first-order valence-electron chi connectivity index (χ1n) is 11.6. The number of pyridine rings is 2. The number of rotatable bonds is 6. The number of nitrogens with zero attached hydrogens (tertiary/aromatic N) is 3. The Morgan fingerprint density at radius 3 is 2.42 bits per heavy atom. The van der Waals surface area contributed by atoms with Crippen LogP contribution in [-0.2, 0) is 19.4 Å². The first-order valence-corrected chi connectivity index (χ1v) is 13.9. The van der Waals surface area contributed by atoms with Crippen LogP contribution in [-0.4, -0.2) is 35.5 Å². The van der Waals surface area contributed by atoms with Crippen molar-refractivity contribution in [3.8, 4) is 0 Å². The number of hydrogen-bond donors (Lipinski definition) is 1.